The van der Waals surface area contributed by atoms with E-state index in [2.05, 4.69) is 0 Å². The van der Waals surface area contributed by atoms with Crippen LogP contribution in [-0.4, -0.2) is 66.4 Å². The van der Waals surface area contributed by atoms with Gasteiger partial charge in [-0.25, -0.2) is 0 Å². The summed E-state index contributed by atoms with van der Waals surface area (Å²) in [4.78, 5) is 0. The van der Waals surface area contributed by atoms with E-state index < -0.39 is 10.4 Å². The molecule has 0 aliphatic heterocycles. The molecule has 0 saturated carbocycles. The van der Waals surface area contributed by atoms with Gasteiger partial charge < -0.3 is 9.11 Å². The van der Waals surface area contributed by atoms with Crippen LogP contribution in [0, 0.1) is 0 Å². The van der Waals surface area contributed by atoms with Crippen LogP contribution in [0.4, 0.5) is 0 Å². The topological polar surface area (TPSA) is 80.3 Å². The molecule has 7 heavy (non-hydrogen) atoms. The first kappa shape index (κ1) is 16.1. The fourth-order valence-electron chi connectivity index (χ4n) is 0. The van der Waals surface area contributed by atoms with E-state index in [-0.39, 0.29) is 69.9 Å². The first-order valence-electron chi connectivity index (χ1n) is 0.667. The van der Waals surface area contributed by atoms with Crippen molar-refractivity contribution < 1.29 is 38.6 Å². The van der Waals surface area contributed by atoms with Crippen LogP contribution in [0.1, 0.15) is 0 Å². The molecule has 0 bridgehead atoms. The van der Waals surface area contributed by atoms with Crippen LogP contribution in [0.25, 0.3) is 0 Å². The number of hydrogen-bond donors (Lipinski definition) is 0. The maximum Gasteiger partial charge on any atom is 2.00 e. The third-order valence-corrected chi connectivity index (χ3v) is 0. The Bertz CT molecular complexity index is 94.9. The molecule has 7 heteroatoms. The van der Waals surface area contributed by atoms with Crippen molar-refractivity contribution in [3.8, 4) is 0 Å². The molecule has 0 atom stereocenters. The van der Waals surface area contributed by atoms with Gasteiger partial charge in [-0.3, -0.25) is 8.42 Å². The van der Waals surface area contributed by atoms with Gasteiger partial charge in [-0.2, -0.15) is 0 Å². The third kappa shape index (κ3) is 67.3. The summed E-state index contributed by atoms with van der Waals surface area (Å²) >= 11 is 0. The summed E-state index contributed by atoms with van der Waals surface area (Å²) in [6.07, 6.45) is 0. The first-order chi connectivity index (χ1) is 2.00. The van der Waals surface area contributed by atoms with Crippen molar-refractivity contribution >= 4 is 59.3 Å². The summed E-state index contributed by atoms with van der Waals surface area (Å²) < 4.78 is 34.1. The van der Waals surface area contributed by atoms with E-state index in [1.165, 1.54) is 0 Å². The molecule has 0 unspecified atom stereocenters. The normalized spacial score (nSPS) is 8.29. The summed E-state index contributed by atoms with van der Waals surface area (Å²) in [5.41, 5.74) is 0. The van der Waals surface area contributed by atoms with Crippen LogP contribution in [0.3, 0.4) is 0 Å². The van der Waals surface area contributed by atoms with E-state index in [4.69, 9.17) is 17.5 Å². The molecule has 0 aromatic heterocycles. The zero-order chi connectivity index (χ0) is 4.50. The molecular weight excluding hydrogens is 417 g/mol. The first-order valence-corrected chi connectivity index (χ1v) is 2.00. The summed E-state index contributed by atoms with van der Waals surface area (Å²) in [6, 6.07) is 0. The third-order valence-electron chi connectivity index (χ3n) is 0. The van der Waals surface area contributed by atoms with Crippen LogP contribution in [0.15, 0.2) is 0 Å². The van der Waals surface area contributed by atoms with E-state index in [1.54, 1.807) is 0 Å². The van der Waals surface area contributed by atoms with E-state index in [0.717, 1.165) is 0 Å². The van der Waals surface area contributed by atoms with Crippen LogP contribution in [-0.2, 0) is 31.5 Å². The molecule has 4 nitrogen and oxygen atoms in total. The minimum absolute atomic E-state index is 0. The Hall–Kier alpha value is 2.13. The van der Waals surface area contributed by atoms with Gasteiger partial charge in [0.2, 0.25) is 0 Å². The molecule has 0 spiro atoms. The molecule has 0 aliphatic rings. The van der Waals surface area contributed by atoms with Gasteiger partial charge in [0, 0.05) is 31.5 Å². The van der Waals surface area contributed by atoms with Gasteiger partial charge in [0.05, 0.1) is 0 Å². The predicted molar refractivity (Wildman–Crippen MR) is 16.2 cm³/mol. The van der Waals surface area contributed by atoms with Gasteiger partial charge in [0.1, 0.15) is 0 Å². The molecule has 0 aromatic carbocycles. The molecule has 0 amide bonds. The minimum atomic E-state index is -5.17. The Labute approximate surface area is 96.0 Å². The Morgan fingerprint density at radius 3 is 1.14 bits per heavy atom. The van der Waals surface area contributed by atoms with Crippen molar-refractivity contribution in [1.29, 1.82) is 0 Å². The maximum absolute atomic E-state index is 8.52. The predicted octanol–water partition coefficient (Wildman–Crippen LogP) is -1.72. The number of rotatable bonds is 0. The summed E-state index contributed by atoms with van der Waals surface area (Å²) in [5.74, 6) is 0. The van der Waals surface area contributed by atoms with Crippen molar-refractivity contribution in [3.63, 3.8) is 0 Å². The van der Waals surface area contributed by atoms with Gasteiger partial charge >= 0.3 is 48.9 Å². The van der Waals surface area contributed by atoms with Crippen LogP contribution in [0.5, 0.6) is 0 Å². The summed E-state index contributed by atoms with van der Waals surface area (Å²) in [6.45, 7) is 0. The standard InChI is InChI=1S/Ba.H2O4S.W/c;1-5(2,3)4;/h;(H2,1,2,3,4);/q+2;;/p-2. The molecule has 0 fully saturated rings. The molecule has 0 aliphatic carbocycles. The molecule has 0 rings (SSSR count). The Balaban J connectivity index is -0.0000000800. The monoisotopic (exact) mass is 418 g/mol. The van der Waals surface area contributed by atoms with Crippen molar-refractivity contribution in [2.24, 2.45) is 0 Å². The van der Waals surface area contributed by atoms with Gasteiger partial charge in [-0.15, -0.1) is 0 Å². The largest absolute Gasteiger partial charge is 2.00 e. The zero-order valence-corrected chi connectivity index (χ0v) is 11.3. The Morgan fingerprint density at radius 1 is 1.14 bits per heavy atom. The fraction of sp³-hybridized carbons (Fsp3) is 0. The molecule has 0 saturated heterocycles. The van der Waals surface area contributed by atoms with Crippen LogP contribution < -0.4 is 0 Å². The average Bonchev–Trinajstić information content (AvgIpc) is 0.722. The van der Waals surface area contributed by atoms with Gasteiger partial charge in [-0.05, 0) is 0 Å². The molecule has 0 aromatic rings. The number of hydrogen-bond acceptors (Lipinski definition) is 4. The maximum atomic E-state index is 8.52. The van der Waals surface area contributed by atoms with Gasteiger partial charge in [-0.1, -0.05) is 0 Å². The average molecular weight is 417 g/mol. The van der Waals surface area contributed by atoms with Crippen LogP contribution in [0.2, 0.25) is 0 Å². The SMILES string of the molecule is O=S(=O)([O-])[O-].[Ba+2].[W]. The van der Waals surface area contributed by atoms with Gasteiger partial charge in [0.15, 0.2) is 0 Å². The molecule has 0 N–H and O–H groups in total. The van der Waals surface area contributed by atoms with E-state index in [9.17, 15) is 0 Å². The molecule has 0 heterocycles. The van der Waals surface area contributed by atoms with E-state index in [0.29, 0.717) is 0 Å². The van der Waals surface area contributed by atoms with Crippen molar-refractivity contribution in [1.82, 2.24) is 0 Å². The van der Waals surface area contributed by atoms with E-state index >= 15 is 0 Å². The molecular formula is BaO4SW. The van der Waals surface area contributed by atoms with Crippen molar-refractivity contribution in [3.05, 3.63) is 0 Å². The van der Waals surface area contributed by atoms with E-state index in [1.807, 2.05) is 0 Å². The quantitative estimate of drug-likeness (QED) is 0.267. The second kappa shape index (κ2) is 6.25. The Morgan fingerprint density at radius 2 is 1.14 bits per heavy atom. The Kier molecular flexibility index (Phi) is 14.3. The van der Waals surface area contributed by atoms with Crippen molar-refractivity contribution in [2.45, 2.75) is 0 Å². The van der Waals surface area contributed by atoms with Gasteiger partial charge in [0.25, 0.3) is 0 Å². The zero-order valence-electron chi connectivity index (χ0n) is 3.16. The second-order valence-corrected chi connectivity index (χ2v) is 1.22. The van der Waals surface area contributed by atoms with Crippen molar-refractivity contribution in [2.75, 3.05) is 0 Å². The minimum Gasteiger partial charge on any atom is -0.759 e. The molecule has 38 valence electrons. The smallest absolute Gasteiger partial charge is 0.759 e. The molecule has 0 radical (unpaired) electrons. The second-order valence-electron chi connectivity index (χ2n) is 0.408. The fourth-order valence-corrected chi connectivity index (χ4v) is 0. The van der Waals surface area contributed by atoms with Crippen LogP contribution >= 0.6 is 0 Å². The summed E-state index contributed by atoms with van der Waals surface area (Å²) in [5, 5.41) is 0. The summed E-state index contributed by atoms with van der Waals surface area (Å²) in [7, 11) is -5.17.